The molecule has 27 heavy (non-hydrogen) atoms. The molecule has 0 aromatic heterocycles. The van der Waals surface area contributed by atoms with Crippen LogP contribution in [0.25, 0.3) is 0 Å². The molecule has 0 aliphatic heterocycles. The number of hydrogen-bond donors (Lipinski definition) is 1. The Morgan fingerprint density at radius 3 is 1.30 bits per heavy atom. The number of aromatic hydroxyl groups is 1. The van der Waals surface area contributed by atoms with Crippen molar-refractivity contribution < 1.29 is 5.11 Å². The van der Waals surface area contributed by atoms with Gasteiger partial charge in [0.2, 0.25) is 0 Å². The fourth-order valence-electron chi connectivity index (χ4n) is 2.85. The van der Waals surface area contributed by atoms with Crippen LogP contribution in [0.2, 0.25) is 0 Å². The van der Waals surface area contributed by atoms with Gasteiger partial charge >= 0.3 is 37.7 Å². The van der Waals surface area contributed by atoms with Crippen molar-refractivity contribution in [1.29, 1.82) is 0 Å². The van der Waals surface area contributed by atoms with Crippen molar-refractivity contribution in [3.05, 3.63) is 30.3 Å². The maximum absolute atomic E-state index is 8.63. The minimum absolute atomic E-state index is 0. The van der Waals surface area contributed by atoms with Crippen molar-refractivity contribution in [3.63, 3.8) is 0 Å². The molecule has 0 aliphatic rings. The first kappa shape index (κ1) is 29.8. The molecular formula is C24H46CaOS. The number of thioether (sulfide) groups is 1. The zero-order valence-electron chi connectivity index (χ0n) is 17.6. The molecule has 0 fully saturated rings. The van der Waals surface area contributed by atoms with E-state index in [0.717, 1.165) is 0 Å². The molecule has 0 heterocycles. The molecule has 1 nitrogen and oxygen atoms in total. The first-order valence-corrected chi connectivity index (χ1v) is 12.3. The molecule has 0 bridgehead atoms. The van der Waals surface area contributed by atoms with Crippen molar-refractivity contribution >= 4 is 49.5 Å². The summed E-state index contributed by atoms with van der Waals surface area (Å²) in [5.74, 6) is 3.13. The van der Waals surface area contributed by atoms with E-state index in [2.05, 4.69) is 25.6 Å². The molecule has 1 aromatic rings. The Bertz CT molecular complexity index is 343. The van der Waals surface area contributed by atoms with Crippen LogP contribution >= 0.6 is 11.8 Å². The predicted octanol–water partition coefficient (Wildman–Crippen LogP) is 7.70. The normalized spacial score (nSPS) is 10.0. The van der Waals surface area contributed by atoms with Gasteiger partial charge in [-0.05, 0) is 36.5 Å². The topological polar surface area (TPSA) is 20.2 Å². The molecule has 0 spiro atoms. The number of phenols is 1. The molecule has 0 unspecified atom stereocenters. The zero-order valence-corrected chi connectivity index (χ0v) is 18.4. The summed E-state index contributed by atoms with van der Waals surface area (Å²) >= 11 is 2.19. The zero-order chi connectivity index (χ0) is 19.1. The van der Waals surface area contributed by atoms with E-state index in [0.29, 0.717) is 5.75 Å². The van der Waals surface area contributed by atoms with Crippen LogP contribution in [-0.2, 0) is 0 Å². The Hall–Kier alpha value is 0.630. The average Bonchev–Trinajstić information content (AvgIpc) is 2.66. The van der Waals surface area contributed by atoms with E-state index in [1.807, 2.05) is 6.07 Å². The van der Waals surface area contributed by atoms with Crippen LogP contribution in [0.4, 0.5) is 0 Å². The van der Waals surface area contributed by atoms with E-state index in [4.69, 9.17) is 5.11 Å². The van der Waals surface area contributed by atoms with E-state index in [1.54, 1.807) is 24.3 Å². The summed E-state index contributed by atoms with van der Waals surface area (Å²) in [6.45, 7) is 4.58. The summed E-state index contributed by atoms with van der Waals surface area (Å²) in [4.78, 5) is 0. The quantitative estimate of drug-likeness (QED) is 0.217. The van der Waals surface area contributed by atoms with Gasteiger partial charge in [0.25, 0.3) is 0 Å². The third kappa shape index (κ3) is 26.6. The molecule has 1 aromatic carbocycles. The molecule has 0 amide bonds. The first-order valence-electron chi connectivity index (χ1n) is 11.1. The molecule has 0 aliphatic carbocycles. The molecule has 0 atom stereocenters. The van der Waals surface area contributed by atoms with Crippen LogP contribution in [0.15, 0.2) is 30.3 Å². The van der Waals surface area contributed by atoms with Gasteiger partial charge < -0.3 is 5.11 Å². The summed E-state index contributed by atoms with van der Waals surface area (Å²) in [5.41, 5.74) is 0. The van der Waals surface area contributed by atoms with Gasteiger partial charge in [0.15, 0.2) is 0 Å². The third-order valence-corrected chi connectivity index (χ3v) is 5.70. The molecule has 0 saturated heterocycles. The molecular weight excluding hydrogens is 376 g/mol. The van der Waals surface area contributed by atoms with Gasteiger partial charge in [0.1, 0.15) is 5.75 Å². The van der Waals surface area contributed by atoms with Crippen LogP contribution < -0.4 is 0 Å². The third-order valence-electron chi connectivity index (χ3n) is 4.54. The Kier molecular flexibility index (Phi) is 29.4. The monoisotopic (exact) mass is 422 g/mol. The average molecular weight is 423 g/mol. The van der Waals surface area contributed by atoms with Crippen molar-refractivity contribution in [2.75, 3.05) is 11.5 Å². The Morgan fingerprint density at radius 2 is 0.963 bits per heavy atom. The van der Waals surface area contributed by atoms with E-state index >= 15 is 0 Å². The van der Waals surface area contributed by atoms with Gasteiger partial charge in [-0.15, -0.1) is 0 Å². The van der Waals surface area contributed by atoms with Gasteiger partial charge in [-0.2, -0.15) is 11.8 Å². The number of para-hydroxylation sites is 1. The molecule has 1 rings (SSSR count). The first-order chi connectivity index (χ1) is 12.8. The summed E-state index contributed by atoms with van der Waals surface area (Å²) in [6.07, 6.45) is 20.2. The second-order valence-corrected chi connectivity index (χ2v) is 8.42. The molecule has 156 valence electrons. The van der Waals surface area contributed by atoms with Crippen LogP contribution in [-0.4, -0.2) is 54.4 Å². The van der Waals surface area contributed by atoms with E-state index in [1.165, 1.54) is 101 Å². The van der Waals surface area contributed by atoms with Gasteiger partial charge in [-0.1, -0.05) is 109 Å². The van der Waals surface area contributed by atoms with Crippen LogP contribution in [0.5, 0.6) is 5.75 Å². The number of hydrogen-bond acceptors (Lipinski definition) is 2. The van der Waals surface area contributed by atoms with Crippen molar-refractivity contribution in [3.8, 4) is 5.75 Å². The van der Waals surface area contributed by atoms with E-state index < -0.39 is 0 Å². The maximum atomic E-state index is 8.63. The molecule has 0 radical (unpaired) electrons. The summed E-state index contributed by atoms with van der Waals surface area (Å²) < 4.78 is 0. The molecule has 1 N–H and O–H groups in total. The molecule has 3 heteroatoms. The van der Waals surface area contributed by atoms with Crippen molar-refractivity contribution in [2.24, 2.45) is 0 Å². The molecule has 0 saturated carbocycles. The Morgan fingerprint density at radius 1 is 0.593 bits per heavy atom. The SMILES string of the molecule is CCCCCCCCCSCCCCCCCCC.Oc1ccccc1.[CaH2]. The van der Waals surface area contributed by atoms with Crippen molar-refractivity contribution in [2.45, 2.75) is 104 Å². The van der Waals surface area contributed by atoms with Crippen LogP contribution in [0, 0.1) is 0 Å². The van der Waals surface area contributed by atoms with Crippen LogP contribution in [0.3, 0.4) is 0 Å². The Labute approximate surface area is 204 Å². The van der Waals surface area contributed by atoms with Gasteiger partial charge in [-0.25, -0.2) is 0 Å². The number of phenolic OH excluding ortho intramolecular Hbond substituents is 1. The van der Waals surface area contributed by atoms with E-state index in [-0.39, 0.29) is 37.7 Å². The standard InChI is InChI=1S/C18H38S.C6H6O.Ca.2H/c1-3-5-7-9-11-13-15-17-19-18-16-14-12-10-8-6-4-2;7-6-4-2-1-3-5-6;;;/h3-18H2,1-2H3;1-5,7H;;;. The second kappa shape index (κ2) is 26.6. The summed E-state index contributed by atoms with van der Waals surface area (Å²) in [6, 6.07) is 8.71. The fraction of sp³-hybridized carbons (Fsp3) is 0.750. The van der Waals surface area contributed by atoms with Gasteiger partial charge in [0.05, 0.1) is 0 Å². The van der Waals surface area contributed by atoms with Gasteiger partial charge in [0, 0.05) is 0 Å². The number of benzene rings is 1. The second-order valence-electron chi connectivity index (χ2n) is 7.19. The Balaban J connectivity index is 0. The number of unbranched alkanes of at least 4 members (excludes halogenated alkanes) is 12. The summed E-state index contributed by atoms with van der Waals surface area (Å²) in [7, 11) is 0. The van der Waals surface area contributed by atoms with E-state index in [9.17, 15) is 0 Å². The van der Waals surface area contributed by atoms with Crippen molar-refractivity contribution in [1.82, 2.24) is 0 Å². The predicted molar refractivity (Wildman–Crippen MR) is 130 cm³/mol. The minimum atomic E-state index is 0. The van der Waals surface area contributed by atoms with Crippen LogP contribution in [0.1, 0.15) is 104 Å². The summed E-state index contributed by atoms with van der Waals surface area (Å²) in [5, 5.41) is 8.63. The van der Waals surface area contributed by atoms with Gasteiger partial charge in [-0.3, -0.25) is 0 Å². The number of rotatable bonds is 16. The fourth-order valence-corrected chi connectivity index (χ4v) is 3.87.